The third-order valence-corrected chi connectivity index (χ3v) is 5.29. The standard InChI is InChI=1S/C12H23NO4S/c1-17-12(14)9-3-2-6-10-13-18(15,16)11-7-4-5-8-11/h11,13H,2-10H2,1H3. The van der Waals surface area contributed by atoms with Crippen LogP contribution in [0.1, 0.15) is 51.4 Å². The summed E-state index contributed by atoms with van der Waals surface area (Å²) < 4.78 is 30.9. The number of hydrogen-bond acceptors (Lipinski definition) is 4. The van der Waals surface area contributed by atoms with Gasteiger partial charge in [0, 0.05) is 13.0 Å². The molecule has 106 valence electrons. The maximum absolute atomic E-state index is 11.8. The largest absolute Gasteiger partial charge is 0.469 e. The molecular formula is C12H23NO4S. The maximum atomic E-state index is 11.8. The fourth-order valence-corrected chi connectivity index (χ4v) is 3.82. The van der Waals surface area contributed by atoms with Crippen molar-refractivity contribution in [2.75, 3.05) is 13.7 Å². The molecule has 1 saturated carbocycles. The van der Waals surface area contributed by atoms with Crippen LogP contribution in [0.5, 0.6) is 0 Å². The van der Waals surface area contributed by atoms with Crippen molar-refractivity contribution in [3.05, 3.63) is 0 Å². The first kappa shape index (κ1) is 15.4. The Kier molecular flexibility index (Phi) is 6.63. The Hall–Kier alpha value is -0.620. The minimum Gasteiger partial charge on any atom is -0.469 e. The van der Waals surface area contributed by atoms with Crippen molar-refractivity contribution >= 4 is 16.0 Å². The molecule has 0 amide bonds. The van der Waals surface area contributed by atoms with Gasteiger partial charge in [0.05, 0.1) is 12.4 Å². The molecule has 0 aromatic carbocycles. The van der Waals surface area contributed by atoms with Crippen LogP contribution in [0.2, 0.25) is 0 Å². The molecule has 0 saturated heterocycles. The molecule has 0 heterocycles. The highest BCUT2D eigenvalue weighted by Crippen LogP contribution is 2.23. The lowest BCUT2D eigenvalue weighted by atomic mass is 10.2. The zero-order valence-corrected chi connectivity index (χ0v) is 11.8. The van der Waals surface area contributed by atoms with Gasteiger partial charge in [-0.3, -0.25) is 4.79 Å². The number of sulfonamides is 1. The lowest BCUT2D eigenvalue weighted by Gasteiger charge is -2.11. The first-order valence-corrected chi connectivity index (χ1v) is 8.16. The van der Waals surface area contributed by atoms with Crippen LogP contribution in [0.15, 0.2) is 0 Å². The average Bonchev–Trinajstić information content (AvgIpc) is 2.87. The maximum Gasteiger partial charge on any atom is 0.305 e. The van der Waals surface area contributed by atoms with E-state index in [1.54, 1.807) is 0 Å². The van der Waals surface area contributed by atoms with Crippen LogP contribution in [-0.2, 0) is 19.6 Å². The lowest BCUT2D eigenvalue weighted by molar-refractivity contribution is -0.140. The predicted octanol–water partition coefficient (Wildman–Crippen LogP) is 1.58. The summed E-state index contributed by atoms with van der Waals surface area (Å²) in [4.78, 5) is 10.8. The zero-order valence-electron chi connectivity index (χ0n) is 11.0. The Balaban J connectivity index is 2.08. The fraction of sp³-hybridized carbons (Fsp3) is 0.917. The molecule has 0 radical (unpaired) electrons. The van der Waals surface area contributed by atoms with Crippen LogP contribution in [0.25, 0.3) is 0 Å². The Morgan fingerprint density at radius 2 is 1.89 bits per heavy atom. The van der Waals surface area contributed by atoms with Crippen LogP contribution in [-0.4, -0.2) is 33.3 Å². The molecule has 18 heavy (non-hydrogen) atoms. The van der Waals surface area contributed by atoms with E-state index in [0.29, 0.717) is 13.0 Å². The average molecular weight is 277 g/mol. The molecule has 0 spiro atoms. The minimum atomic E-state index is -3.11. The molecule has 1 aliphatic rings. The SMILES string of the molecule is COC(=O)CCCCCNS(=O)(=O)C1CCCC1. The van der Waals surface area contributed by atoms with Crippen molar-refractivity contribution < 1.29 is 17.9 Å². The van der Waals surface area contributed by atoms with Gasteiger partial charge in [0.2, 0.25) is 10.0 Å². The van der Waals surface area contributed by atoms with Gasteiger partial charge < -0.3 is 4.74 Å². The topological polar surface area (TPSA) is 72.5 Å². The van der Waals surface area contributed by atoms with E-state index in [1.165, 1.54) is 7.11 Å². The van der Waals surface area contributed by atoms with Gasteiger partial charge in [-0.25, -0.2) is 13.1 Å². The van der Waals surface area contributed by atoms with Crippen LogP contribution < -0.4 is 4.72 Å². The van der Waals surface area contributed by atoms with Crippen molar-refractivity contribution in [3.63, 3.8) is 0 Å². The Labute approximate surface area is 109 Å². The highest BCUT2D eigenvalue weighted by atomic mass is 32.2. The van der Waals surface area contributed by atoms with Gasteiger partial charge in [0.15, 0.2) is 0 Å². The van der Waals surface area contributed by atoms with Crippen LogP contribution in [0, 0.1) is 0 Å². The zero-order chi connectivity index (χ0) is 13.4. The Morgan fingerprint density at radius 3 is 2.50 bits per heavy atom. The summed E-state index contributed by atoms with van der Waals surface area (Å²) in [5, 5.41) is -0.187. The second-order valence-electron chi connectivity index (χ2n) is 4.73. The molecule has 1 N–H and O–H groups in total. The number of carbonyl (C=O) groups is 1. The molecule has 0 aromatic rings. The van der Waals surface area contributed by atoms with Gasteiger partial charge in [-0.05, 0) is 25.7 Å². The lowest BCUT2D eigenvalue weighted by Crippen LogP contribution is -2.33. The van der Waals surface area contributed by atoms with E-state index in [-0.39, 0.29) is 11.2 Å². The van der Waals surface area contributed by atoms with Gasteiger partial charge in [-0.2, -0.15) is 0 Å². The number of carbonyl (C=O) groups excluding carboxylic acids is 1. The predicted molar refractivity (Wildman–Crippen MR) is 69.7 cm³/mol. The monoisotopic (exact) mass is 277 g/mol. The normalized spacial score (nSPS) is 16.9. The molecule has 6 heteroatoms. The van der Waals surface area contributed by atoms with Crippen molar-refractivity contribution in [1.29, 1.82) is 0 Å². The van der Waals surface area contributed by atoms with E-state index in [2.05, 4.69) is 9.46 Å². The molecule has 0 unspecified atom stereocenters. The Morgan fingerprint density at radius 1 is 1.22 bits per heavy atom. The summed E-state index contributed by atoms with van der Waals surface area (Å²) in [6, 6.07) is 0. The first-order chi connectivity index (χ1) is 8.56. The molecule has 1 rings (SSSR count). The Bertz CT molecular complexity index is 347. The highest BCUT2D eigenvalue weighted by Gasteiger charge is 2.27. The van der Waals surface area contributed by atoms with Gasteiger partial charge in [0.25, 0.3) is 0 Å². The molecule has 0 bridgehead atoms. The van der Waals surface area contributed by atoms with Crippen molar-refractivity contribution in [2.45, 2.75) is 56.6 Å². The summed E-state index contributed by atoms with van der Waals surface area (Å²) in [5.41, 5.74) is 0. The van der Waals surface area contributed by atoms with Gasteiger partial charge in [-0.1, -0.05) is 19.3 Å². The van der Waals surface area contributed by atoms with E-state index in [1.807, 2.05) is 0 Å². The van der Waals surface area contributed by atoms with Crippen LogP contribution in [0.3, 0.4) is 0 Å². The quantitative estimate of drug-likeness (QED) is 0.540. The minimum absolute atomic E-state index is 0.187. The van der Waals surface area contributed by atoms with Crippen molar-refractivity contribution in [1.82, 2.24) is 4.72 Å². The number of methoxy groups -OCH3 is 1. The number of hydrogen-bond donors (Lipinski definition) is 1. The van der Waals surface area contributed by atoms with E-state index in [0.717, 1.165) is 44.9 Å². The number of ether oxygens (including phenoxy) is 1. The third kappa shape index (κ3) is 5.35. The molecule has 5 nitrogen and oxygen atoms in total. The fourth-order valence-electron chi connectivity index (χ4n) is 2.20. The van der Waals surface area contributed by atoms with Crippen LogP contribution in [0.4, 0.5) is 0 Å². The van der Waals surface area contributed by atoms with E-state index >= 15 is 0 Å². The molecule has 1 aliphatic carbocycles. The van der Waals surface area contributed by atoms with Gasteiger partial charge >= 0.3 is 5.97 Å². The molecular weight excluding hydrogens is 254 g/mol. The summed E-state index contributed by atoms with van der Waals surface area (Å²) in [6.45, 7) is 0.472. The smallest absolute Gasteiger partial charge is 0.305 e. The van der Waals surface area contributed by atoms with E-state index < -0.39 is 10.0 Å². The van der Waals surface area contributed by atoms with Gasteiger partial charge in [0.1, 0.15) is 0 Å². The number of nitrogens with one attached hydrogen (secondary N) is 1. The van der Waals surface area contributed by atoms with Gasteiger partial charge in [-0.15, -0.1) is 0 Å². The summed E-state index contributed by atoms with van der Waals surface area (Å²) in [7, 11) is -1.74. The second kappa shape index (κ2) is 7.74. The van der Waals surface area contributed by atoms with E-state index in [4.69, 9.17) is 0 Å². The summed E-state index contributed by atoms with van der Waals surface area (Å²) in [5.74, 6) is -0.207. The summed E-state index contributed by atoms with van der Waals surface area (Å²) in [6.07, 6.45) is 6.37. The van der Waals surface area contributed by atoms with Crippen LogP contribution >= 0.6 is 0 Å². The number of rotatable bonds is 8. The molecule has 1 fully saturated rings. The van der Waals surface area contributed by atoms with E-state index in [9.17, 15) is 13.2 Å². The second-order valence-corrected chi connectivity index (χ2v) is 6.78. The number of unbranched alkanes of at least 4 members (excludes halogenated alkanes) is 2. The third-order valence-electron chi connectivity index (χ3n) is 3.33. The van der Waals surface area contributed by atoms with Crippen molar-refractivity contribution in [2.24, 2.45) is 0 Å². The van der Waals surface area contributed by atoms with Crippen molar-refractivity contribution in [3.8, 4) is 0 Å². The molecule has 0 aliphatic heterocycles. The molecule has 0 aromatic heterocycles. The molecule has 0 atom stereocenters. The number of esters is 1. The first-order valence-electron chi connectivity index (χ1n) is 6.61. The summed E-state index contributed by atoms with van der Waals surface area (Å²) >= 11 is 0. The highest BCUT2D eigenvalue weighted by molar-refractivity contribution is 7.90.